The summed E-state index contributed by atoms with van der Waals surface area (Å²) in [7, 11) is 0. The van der Waals surface area contributed by atoms with Crippen LogP contribution in [-0.2, 0) is 11.3 Å². The minimum Gasteiger partial charge on any atom is -0.376 e. The third-order valence-corrected chi connectivity index (χ3v) is 4.49. The quantitative estimate of drug-likeness (QED) is 0.672. The molecule has 1 atom stereocenters. The summed E-state index contributed by atoms with van der Waals surface area (Å²) in [5.41, 5.74) is 5.90. The molecule has 0 aromatic carbocycles. The van der Waals surface area contributed by atoms with E-state index in [4.69, 9.17) is 15.9 Å². The maximum Gasteiger partial charge on any atom is 0.267 e. The van der Waals surface area contributed by atoms with Crippen LogP contribution in [-0.4, -0.2) is 32.6 Å². The van der Waals surface area contributed by atoms with E-state index in [1.807, 2.05) is 0 Å². The van der Waals surface area contributed by atoms with E-state index in [1.165, 1.54) is 10.5 Å². The number of nitrogens with zero attached hydrogens (tertiary/aromatic N) is 3. The van der Waals surface area contributed by atoms with E-state index >= 15 is 0 Å². The van der Waals surface area contributed by atoms with Gasteiger partial charge in [-0.2, -0.15) is 0 Å². The Hall–Kier alpha value is -3.00. The Labute approximate surface area is 142 Å². The van der Waals surface area contributed by atoms with Gasteiger partial charge in [0.2, 0.25) is 0 Å². The molecule has 128 valence electrons. The number of fused-ring (bicyclic) bond motifs is 2. The third-order valence-electron chi connectivity index (χ3n) is 4.49. The Morgan fingerprint density at radius 2 is 2.28 bits per heavy atom. The minimum atomic E-state index is -0.745. The lowest BCUT2D eigenvalue weighted by atomic mass is 10.2. The van der Waals surface area contributed by atoms with Gasteiger partial charge < -0.3 is 15.0 Å². The largest absolute Gasteiger partial charge is 0.376 e. The van der Waals surface area contributed by atoms with Crippen LogP contribution < -0.4 is 16.8 Å². The average Bonchev–Trinajstić information content (AvgIpc) is 3.11. The molecule has 4 rings (SSSR count). The topological polar surface area (TPSA) is 115 Å². The highest BCUT2D eigenvalue weighted by molar-refractivity contribution is 5.95. The summed E-state index contributed by atoms with van der Waals surface area (Å²) in [5.74, 6) is -0.745. The number of rotatable bonds is 3. The fourth-order valence-electron chi connectivity index (χ4n) is 3.24. The maximum absolute atomic E-state index is 12.8. The molecule has 1 saturated heterocycles. The first kappa shape index (κ1) is 15.5. The molecular weight excluding hydrogens is 322 g/mol. The van der Waals surface area contributed by atoms with Gasteiger partial charge in [-0.05, 0) is 31.0 Å². The molecule has 8 nitrogen and oxygen atoms in total. The van der Waals surface area contributed by atoms with Crippen molar-refractivity contribution in [3.8, 4) is 0 Å². The summed E-state index contributed by atoms with van der Waals surface area (Å²) >= 11 is 0. The zero-order valence-electron chi connectivity index (χ0n) is 13.4. The van der Waals surface area contributed by atoms with Gasteiger partial charge in [-0.25, -0.2) is 4.98 Å². The van der Waals surface area contributed by atoms with Gasteiger partial charge in [0.15, 0.2) is 0 Å². The number of nitrogens with two attached hydrogens (primary N) is 1. The molecule has 1 fully saturated rings. The summed E-state index contributed by atoms with van der Waals surface area (Å²) in [4.78, 5) is 29.1. The van der Waals surface area contributed by atoms with Crippen LogP contribution in [0.1, 0.15) is 23.2 Å². The zero-order chi connectivity index (χ0) is 17.6. The summed E-state index contributed by atoms with van der Waals surface area (Å²) in [6.07, 6.45) is 3.36. The second-order valence-corrected chi connectivity index (χ2v) is 6.10. The molecule has 1 aliphatic rings. The number of nitrogens with one attached hydrogen (secondary N) is 1. The molecule has 4 heterocycles. The summed E-state index contributed by atoms with van der Waals surface area (Å²) < 4.78 is 8.61. The molecule has 0 spiro atoms. The first-order valence-corrected chi connectivity index (χ1v) is 8.07. The van der Waals surface area contributed by atoms with E-state index in [9.17, 15) is 9.59 Å². The van der Waals surface area contributed by atoms with Crippen LogP contribution in [0.3, 0.4) is 0 Å². The number of aromatic nitrogens is 3. The summed E-state index contributed by atoms with van der Waals surface area (Å²) in [6.45, 7) is 1.02. The standard InChI is InChI=1S/C17H17N5O3/c18-14-11(15(19)23)8-12-16(22(14)9-10-4-3-7-25-10)20-13-5-1-2-6-21(13)17(12)24/h1-2,5-6,8,10,18H,3-4,7,9H2,(H2,19,23)/t10-/m0/s1. The predicted molar refractivity (Wildman–Crippen MR) is 90.3 cm³/mol. The Morgan fingerprint density at radius 1 is 1.44 bits per heavy atom. The first-order chi connectivity index (χ1) is 12.1. The lowest BCUT2D eigenvalue weighted by Gasteiger charge is -2.16. The van der Waals surface area contributed by atoms with Crippen molar-refractivity contribution in [3.63, 3.8) is 0 Å². The Balaban J connectivity index is 2.08. The van der Waals surface area contributed by atoms with Crippen molar-refractivity contribution in [3.05, 3.63) is 51.9 Å². The second kappa shape index (κ2) is 5.82. The van der Waals surface area contributed by atoms with Gasteiger partial charge in [0.05, 0.1) is 23.6 Å². The number of amides is 1. The maximum atomic E-state index is 12.8. The third kappa shape index (κ3) is 2.51. The second-order valence-electron chi connectivity index (χ2n) is 6.10. The molecular formula is C17H17N5O3. The SMILES string of the molecule is N=c1c(C(N)=O)cc2c(=O)n3ccccc3nc2n1C[C@@H]1CCCO1. The van der Waals surface area contributed by atoms with E-state index in [-0.39, 0.29) is 28.1 Å². The lowest BCUT2D eigenvalue weighted by molar-refractivity contribution is 0.0954. The number of carbonyl (C=O) groups excluding carboxylic acids is 1. The Bertz CT molecular complexity index is 1110. The van der Waals surface area contributed by atoms with Crippen LogP contribution >= 0.6 is 0 Å². The van der Waals surface area contributed by atoms with E-state index in [2.05, 4.69) is 4.98 Å². The molecule has 1 aliphatic heterocycles. The normalized spacial score (nSPS) is 17.4. The molecule has 0 saturated carbocycles. The van der Waals surface area contributed by atoms with Crippen molar-refractivity contribution in [2.45, 2.75) is 25.5 Å². The van der Waals surface area contributed by atoms with Gasteiger partial charge in [0.25, 0.3) is 11.5 Å². The van der Waals surface area contributed by atoms with Gasteiger partial charge in [-0.3, -0.25) is 19.4 Å². The molecule has 3 aromatic rings. The lowest BCUT2D eigenvalue weighted by Crippen LogP contribution is -2.34. The molecule has 8 heteroatoms. The summed E-state index contributed by atoms with van der Waals surface area (Å²) in [5, 5.41) is 8.62. The van der Waals surface area contributed by atoms with E-state index in [1.54, 1.807) is 29.0 Å². The fraction of sp³-hybridized carbons (Fsp3) is 0.294. The van der Waals surface area contributed by atoms with Crippen molar-refractivity contribution in [2.24, 2.45) is 5.73 Å². The molecule has 0 aliphatic carbocycles. The highest BCUT2D eigenvalue weighted by Gasteiger charge is 2.21. The molecule has 3 aromatic heterocycles. The van der Waals surface area contributed by atoms with Crippen LogP contribution in [0.25, 0.3) is 16.7 Å². The van der Waals surface area contributed by atoms with Crippen LogP contribution in [0.2, 0.25) is 0 Å². The zero-order valence-corrected chi connectivity index (χ0v) is 13.4. The van der Waals surface area contributed by atoms with Crippen molar-refractivity contribution in [2.75, 3.05) is 6.61 Å². The number of hydrogen-bond acceptors (Lipinski definition) is 5. The van der Waals surface area contributed by atoms with Gasteiger partial charge in [-0.15, -0.1) is 0 Å². The number of pyridine rings is 2. The van der Waals surface area contributed by atoms with Crippen LogP contribution in [0.15, 0.2) is 35.3 Å². The molecule has 0 bridgehead atoms. The van der Waals surface area contributed by atoms with Crippen molar-refractivity contribution < 1.29 is 9.53 Å². The minimum absolute atomic E-state index is 0.000257. The van der Waals surface area contributed by atoms with Crippen molar-refractivity contribution in [1.29, 1.82) is 5.41 Å². The Kier molecular flexibility index (Phi) is 3.61. The molecule has 0 radical (unpaired) electrons. The molecule has 0 unspecified atom stereocenters. The van der Waals surface area contributed by atoms with E-state index in [0.717, 1.165) is 12.8 Å². The van der Waals surface area contributed by atoms with Crippen LogP contribution in [0, 0.1) is 5.41 Å². The highest BCUT2D eigenvalue weighted by atomic mass is 16.5. The highest BCUT2D eigenvalue weighted by Crippen LogP contribution is 2.16. The summed E-state index contributed by atoms with van der Waals surface area (Å²) in [6, 6.07) is 6.61. The number of primary amides is 1. The molecule has 1 amide bonds. The number of hydrogen-bond donors (Lipinski definition) is 2. The van der Waals surface area contributed by atoms with E-state index < -0.39 is 5.91 Å². The smallest absolute Gasteiger partial charge is 0.267 e. The van der Waals surface area contributed by atoms with Gasteiger partial charge in [-0.1, -0.05) is 6.07 Å². The van der Waals surface area contributed by atoms with Gasteiger partial charge >= 0.3 is 0 Å². The molecule has 3 N–H and O–H groups in total. The predicted octanol–water partition coefficient (Wildman–Crippen LogP) is 0.407. The van der Waals surface area contributed by atoms with Crippen LogP contribution in [0.5, 0.6) is 0 Å². The average molecular weight is 339 g/mol. The van der Waals surface area contributed by atoms with Crippen molar-refractivity contribution in [1.82, 2.24) is 14.0 Å². The van der Waals surface area contributed by atoms with Crippen molar-refractivity contribution >= 4 is 22.6 Å². The van der Waals surface area contributed by atoms with Gasteiger partial charge in [0.1, 0.15) is 16.8 Å². The number of ether oxygens (including phenoxy) is 1. The Morgan fingerprint density at radius 3 is 3.00 bits per heavy atom. The first-order valence-electron chi connectivity index (χ1n) is 8.07. The van der Waals surface area contributed by atoms with Crippen LogP contribution in [0.4, 0.5) is 0 Å². The molecule has 25 heavy (non-hydrogen) atoms. The number of carbonyl (C=O) groups is 1. The monoisotopic (exact) mass is 339 g/mol. The fourth-order valence-corrected chi connectivity index (χ4v) is 3.24. The van der Waals surface area contributed by atoms with Gasteiger partial charge in [0, 0.05) is 12.8 Å². The van der Waals surface area contributed by atoms with E-state index in [0.29, 0.717) is 24.4 Å².